The minimum absolute atomic E-state index is 0.0193. The van der Waals surface area contributed by atoms with Crippen LogP contribution < -0.4 is 4.74 Å². The number of non-ortho nitro benzene ring substituents is 1. The third-order valence-electron chi connectivity index (χ3n) is 4.69. The van der Waals surface area contributed by atoms with Crippen LogP contribution in [0.15, 0.2) is 76.8 Å². The molecule has 0 heterocycles. The SMILES string of the molecule is O=C1C(=Cc2cc(Br)ccc2OCc2cccc([N+](=O)[O-])c2)C(=O)c2ccccc21. The van der Waals surface area contributed by atoms with Crippen LogP contribution in [-0.2, 0) is 6.61 Å². The van der Waals surface area contributed by atoms with Crippen LogP contribution in [0.3, 0.4) is 0 Å². The van der Waals surface area contributed by atoms with Crippen LogP contribution in [0, 0.1) is 10.1 Å². The number of carbonyl (C=O) groups is 2. The summed E-state index contributed by atoms with van der Waals surface area (Å²) in [7, 11) is 0. The maximum Gasteiger partial charge on any atom is 0.269 e. The molecule has 6 nitrogen and oxygen atoms in total. The molecule has 0 unspecified atom stereocenters. The van der Waals surface area contributed by atoms with E-state index < -0.39 is 4.92 Å². The number of nitro groups is 1. The average molecular weight is 464 g/mol. The molecule has 0 spiro atoms. The van der Waals surface area contributed by atoms with Gasteiger partial charge >= 0.3 is 0 Å². The second-order valence-corrected chi connectivity index (χ2v) is 7.58. The summed E-state index contributed by atoms with van der Waals surface area (Å²) in [4.78, 5) is 35.9. The molecular formula is C23H14BrNO5. The van der Waals surface area contributed by atoms with Gasteiger partial charge in [-0.15, -0.1) is 0 Å². The first-order valence-electron chi connectivity index (χ1n) is 9.00. The van der Waals surface area contributed by atoms with Crippen molar-refractivity contribution in [2.24, 2.45) is 0 Å². The van der Waals surface area contributed by atoms with E-state index in [2.05, 4.69) is 15.9 Å². The normalized spacial score (nSPS) is 12.6. The number of ether oxygens (including phenoxy) is 1. The number of hydrogen-bond acceptors (Lipinski definition) is 5. The molecule has 0 amide bonds. The van der Waals surface area contributed by atoms with Gasteiger partial charge in [-0.1, -0.05) is 52.3 Å². The second-order valence-electron chi connectivity index (χ2n) is 6.66. The molecule has 3 aromatic carbocycles. The number of benzene rings is 3. The van der Waals surface area contributed by atoms with Gasteiger partial charge in [0.25, 0.3) is 5.69 Å². The Bertz CT molecular complexity index is 1190. The first kappa shape index (κ1) is 19.7. The lowest BCUT2D eigenvalue weighted by atomic mass is 10.1. The lowest BCUT2D eigenvalue weighted by Gasteiger charge is -2.10. The van der Waals surface area contributed by atoms with E-state index >= 15 is 0 Å². The summed E-state index contributed by atoms with van der Waals surface area (Å²) in [6, 6.07) is 18.1. The molecule has 0 fully saturated rings. The molecule has 148 valence electrons. The van der Waals surface area contributed by atoms with E-state index in [-0.39, 0.29) is 29.4 Å². The molecule has 3 aromatic rings. The first-order chi connectivity index (χ1) is 14.4. The molecule has 0 aromatic heterocycles. The van der Waals surface area contributed by atoms with Crippen molar-refractivity contribution in [3.8, 4) is 5.75 Å². The third-order valence-corrected chi connectivity index (χ3v) is 5.19. The van der Waals surface area contributed by atoms with Crippen LogP contribution >= 0.6 is 15.9 Å². The van der Waals surface area contributed by atoms with Gasteiger partial charge in [0, 0.05) is 33.3 Å². The summed E-state index contributed by atoms with van der Waals surface area (Å²) in [5.41, 5.74) is 2.03. The quantitative estimate of drug-likeness (QED) is 0.219. The molecule has 4 rings (SSSR count). The van der Waals surface area contributed by atoms with E-state index in [9.17, 15) is 19.7 Å². The van der Waals surface area contributed by atoms with Crippen molar-refractivity contribution in [2.75, 3.05) is 0 Å². The summed E-state index contributed by atoms with van der Waals surface area (Å²) in [6.45, 7) is 0.0988. The highest BCUT2D eigenvalue weighted by molar-refractivity contribution is 9.10. The van der Waals surface area contributed by atoms with Gasteiger partial charge in [0.05, 0.1) is 10.5 Å². The summed E-state index contributed by atoms with van der Waals surface area (Å²) < 4.78 is 6.62. The zero-order valence-corrected chi connectivity index (χ0v) is 17.1. The van der Waals surface area contributed by atoms with Crippen molar-refractivity contribution in [2.45, 2.75) is 6.61 Å². The number of halogens is 1. The second kappa shape index (κ2) is 8.04. The Morgan fingerprint density at radius 3 is 2.30 bits per heavy atom. The molecular weight excluding hydrogens is 450 g/mol. The molecule has 7 heteroatoms. The maximum absolute atomic E-state index is 12.7. The van der Waals surface area contributed by atoms with Crippen LogP contribution in [0.2, 0.25) is 0 Å². The van der Waals surface area contributed by atoms with E-state index in [0.29, 0.717) is 28.0 Å². The van der Waals surface area contributed by atoms with Gasteiger partial charge in [-0.3, -0.25) is 19.7 Å². The molecule has 1 aliphatic rings. The standard InChI is InChI=1S/C23H14BrNO5/c24-16-8-9-21(30-13-14-4-3-5-17(10-14)25(28)29)15(11-16)12-20-22(26)18-6-1-2-7-19(18)23(20)27/h1-12H,13H2. The topological polar surface area (TPSA) is 86.5 Å². The lowest BCUT2D eigenvalue weighted by molar-refractivity contribution is -0.384. The predicted octanol–water partition coefficient (Wildman–Crippen LogP) is 5.40. The molecule has 0 bridgehead atoms. The van der Waals surface area contributed by atoms with E-state index in [1.807, 2.05) is 0 Å². The smallest absolute Gasteiger partial charge is 0.269 e. The molecule has 0 atom stereocenters. The molecule has 30 heavy (non-hydrogen) atoms. The maximum atomic E-state index is 12.7. The van der Waals surface area contributed by atoms with Crippen LogP contribution in [0.5, 0.6) is 5.75 Å². The Hall–Kier alpha value is -3.58. The Labute approximate surface area is 180 Å². The number of hydrogen-bond donors (Lipinski definition) is 0. The zero-order valence-electron chi connectivity index (χ0n) is 15.5. The number of nitro benzene ring substituents is 1. The van der Waals surface area contributed by atoms with Crippen molar-refractivity contribution < 1.29 is 19.2 Å². The fourth-order valence-electron chi connectivity index (χ4n) is 3.24. The van der Waals surface area contributed by atoms with Crippen molar-refractivity contribution in [3.63, 3.8) is 0 Å². The Morgan fingerprint density at radius 2 is 1.63 bits per heavy atom. The van der Waals surface area contributed by atoms with E-state index in [4.69, 9.17) is 4.74 Å². The largest absolute Gasteiger partial charge is 0.488 e. The van der Waals surface area contributed by atoms with Gasteiger partial charge < -0.3 is 4.74 Å². The van der Waals surface area contributed by atoms with Crippen LogP contribution in [0.25, 0.3) is 6.08 Å². The summed E-state index contributed by atoms with van der Waals surface area (Å²) in [6.07, 6.45) is 1.53. The van der Waals surface area contributed by atoms with Gasteiger partial charge in [-0.25, -0.2) is 0 Å². The molecule has 0 N–H and O–H groups in total. The molecule has 1 aliphatic carbocycles. The number of Topliss-reactive ketones (excluding diaryl/α,β-unsaturated/α-hetero) is 2. The Kier molecular flexibility index (Phi) is 5.29. The number of carbonyl (C=O) groups excluding carboxylic acids is 2. The van der Waals surface area contributed by atoms with Crippen molar-refractivity contribution in [3.05, 3.63) is 109 Å². The molecule has 0 radical (unpaired) electrons. The Balaban J connectivity index is 1.64. The minimum Gasteiger partial charge on any atom is -0.488 e. The van der Waals surface area contributed by atoms with Crippen LogP contribution in [0.1, 0.15) is 31.8 Å². The van der Waals surface area contributed by atoms with E-state index in [0.717, 1.165) is 4.47 Å². The molecule has 0 aliphatic heterocycles. The highest BCUT2D eigenvalue weighted by atomic mass is 79.9. The van der Waals surface area contributed by atoms with Gasteiger partial charge in [-0.05, 0) is 29.8 Å². The van der Waals surface area contributed by atoms with E-state index in [1.165, 1.54) is 18.2 Å². The van der Waals surface area contributed by atoms with Crippen molar-refractivity contribution in [1.29, 1.82) is 0 Å². The molecule has 0 saturated heterocycles. The number of nitrogens with zero attached hydrogens (tertiary/aromatic N) is 1. The Morgan fingerprint density at radius 1 is 0.933 bits per heavy atom. The average Bonchev–Trinajstić information content (AvgIpc) is 2.98. The van der Waals surface area contributed by atoms with Crippen molar-refractivity contribution in [1.82, 2.24) is 0 Å². The van der Waals surface area contributed by atoms with Gasteiger partial charge in [-0.2, -0.15) is 0 Å². The number of ketones is 2. The summed E-state index contributed by atoms with van der Waals surface area (Å²) >= 11 is 3.40. The summed E-state index contributed by atoms with van der Waals surface area (Å²) in [5, 5.41) is 11.0. The number of rotatable bonds is 5. The summed E-state index contributed by atoms with van der Waals surface area (Å²) in [5.74, 6) is -0.186. The fourth-order valence-corrected chi connectivity index (χ4v) is 3.62. The third kappa shape index (κ3) is 3.79. The predicted molar refractivity (Wildman–Crippen MR) is 115 cm³/mol. The zero-order chi connectivity index (χ0) is 21.3. The highest BCUT2D eigenvalue weighted by Crippen LogP contribution is 2.32. The lowest BCUT2D eigenvalue weighted by Crippen LogP contribution is -2.02. The van der Waals surface area contributed by atoms with Gasteiger partial charge in [0.2, 0.25) is 0 Å². The van der Waals surface area contributed by atoms with Gasteiger partial charge in [0.1, 0.15) is 12.4 Å². The van der Waals surface area contributed by atoms with Crippen molar-refractivity contribution >= 4 is 39.3 Å². The highest BCUT2D eigenvalue weighted by Gasteiger charge is 2.32. The number of fused-ring (bicyclic) bond motifs is 1. The first-order valence-corrected chi connectivity index (χ1v) is 9.79. The molecule has 0 saturated carbocycles. The minimum atomic E-state index is -0.464. The van der Waals surface area contributed by atoms with Crippen LogP contribution in [0.4, 0.5) is 5.69 Å². The number of allylic oxidation sites excluding steroid dienone is 1. The van der Waals surface area contributed by atoms with Gasteiger partial charge in [0.15, 0.2) is 11.6 Å². The van der Waals surface area contributed by atoms with E-state index in [1.54, 1.807) is 54.6 Å². The van der Waals surface area contributed by atoms with Crippen LogP contribution in [-0.4, -0.2) is 16.5 Å². The monoisotopic (exact) mass is 463 g/mol. The fraction of sp³-hybridized carbons (Fsp3) is 0.0435.